The summed E-state index contributed by atoms with van der Waals surface area (Å²) in [5, 5.41) is 3.23. The molecule has 1 amide bonds. The molecule has 3 rings (SSSR count). The first kappa shape index (κ1) is 19.8. The van der Waals surface area contributed by atoms with Gasteiger partial charge in [-0.3, -0.25) is 4.90 Å². The number of carbonyl (C=O) groups is 1. The van der Waals surface area contributed by atoms with Crippen LogP contribution in [0.1, 0.15) is 23.9 Å². The van der Waals surface area contributed by atoms with Crippen molar-refractivity contribution in [3.63, 3.8) is 0 Å². The third-order valence-electron chi connectivity index (χ3n) is 4.73. The number of aromatic nitrogens is 3. The monoisotopic (exact) mass is 386 g/mol. The summed E-state index contributed by atoms with van der Waals surface area (Å²) in [4.78, 5) is 27.9. The van der Waals surface area contributed by atoms with Crippen LogP contribution in [0, 0.1) is 13.8 Å². The molecular formula is C19H28N7O2+. The summed E-state index contributed by atoms with van der Waals surface area (Å²) < 4.78 is 5.06. The first-order chi connectivity index (χ1) is 13.4. The van der Waals surface area contributed by atoms with Crippen LogP contribution < -0.4 is 16.0 Å². The van der Waals surface area contributed by atoms with Gasteiger partial charge in [0.25, 0.3) is 0 Å². The largest absolute Gasteiger partial charge is 0.450 e. The molecule has 1 fully saturated rings. The van der Waals surface area contributed by atoms with E-state index in [2.05, 4.69) is 33.3 Å². The van der Waals surface area contributed by atoms with E-state index in [1.54, 1.807) is 4.90 Å². The van der Waals surface area contributed by atoms with E-state index in [0.717, 1.165) is 24.3 Å². The van der Waals surface area contributed by atoms with Crippen LogP contribution in [0.25, 0.3) is 0 Å². The maximum Gasteiger partial charge on any atom is 0.410 e. The number of quaternary nitrogens is 1. The van der Waals surface area contributed by atoms with E-state index in [-0.39, 0.29) is 12.0 Å². The minimum atomic E-state index is -0.245. The van der Waals surface area contributed by atoms with Crippen LogP contribution in [0.4, 0.5) is 22.4 Å². The summed E-state index contributed by atoms with van der Waals surface area (Å²) in [6.07, 6.45) is -0.245. The molecule has 1 aromatic carbocycles. The average Bonchev–Trinajstić information content (AvgIpc) is 2.64. The zero-order valence-corrected chi connectivity index (χ0v) is 16.7. The zero-order chi connectivity index (χ0) is 20.1. The van der Waals surface area contributed by atoms with Gasteiger partial charge in [0.15, 0.2) is 5.82 Å². The maximum atomic E-state index is 11.8. The fraction of sp³-hybridized carbons (Fsp3) is 0.474. The first-order valence-electron chi connectivity index (χ1n) is 9.54. The quantitative estimate of drug-likeness (QED) is 0.693. The van der Waals surface area contributed by atoms with Crippen molar-refractivity contribution in [3.05, 3.63) is 35.2 Å². The molecule has 0 saturated carbocycles. The second-order valence-corrected chi connectivity index (χ2v) is 6.99. The SMILES string of the molecule is CCOC(=O)N1CC[NH+](Cc2nc(N)nc(Nc3ccc(C)cc3C)n2)CC1. The Labute approximate surface area is 164 Å². The number of hydrogen-bond donors (Lipinski definition) is 3. The Morgan fingerprint density at radius 3 is 2.68 bits per heavy atom. The van der Waals surface area contributed by atoms with E-state index < -0.39 is 0 Å². The Kier molecular flexibility index (Phi) is 6.25. The van der Waals surface area contributed by atoms with Gasteiger partial charge in [0.2, 0.25) is 11.9 Å². The van der Waals surface area contributed by atoms with Crippen LogP contribution >= 0.6 is 0 Å². The van der Waals surface area contributed by atoms with Crippen LogP contribution in [0.5, 0.6) is 0 Å². The number of benzene rings is 1. The van der Waals surface area contributed by atoms with Crippen molar-refractivity contribution in [2.24, 2.45) is 0 Å². The van der Waals surface area contributed by atoms with Crippen molar-refractivity contribution in [1.82, 2.24) is 19.9 Å². The Morgan fingerprint density at radius 1 is 1.25 bits per heavy atom. The fourth-order valence-electron chi connectivity index (χ4n) is 3.27. The molecule has 4 N–H and O–H groups in total. The highest BCUT2D eigenvalue weighted by Crippen LogP contribution is 2.19. The molecule has 1 saturated heterocycles. The molecule has 9 nitrogen and oxygen atoms in total. The summed E-state index contributed by atoms with van der Waals surface area (Å²) in [6.45, 7) is 9.86. The Hall–Kier alpha value is -2.94. The highest BCUT2D eigenvalue weighted by molar-refractivity contribution is 5.67. The number of nitrogens with zero attached hydrogens (tertiary/aromatic N) is 4. The second kappa shape index (κ2) is 8.83. The summed E-state index contributed by atoms with van der Waals surface area (Å²) in [5.74, 6) is 1.28. The number of hydrogen-bond acceptors (Lipinski definition) is 7. The lowest BCUT2D eigenvalue weighted by Gasteiger charge is -2.31. The number of piperazine rings is 1. The molecule has 1 aliphatic heterocycles. The van der Waals surface area contributed by atoms with Gasteiger partial charge in [-0.1, -0.05) is 17.7 Å². The first-order valence-corrected chi connectivity index (χ1v) is 9.54. The molecule has 1 aliphatic rings. The number of ether oxygens (including phenoxy) is 1. The fourth-order valence-corrected chi connectivity index (χ4v) is 3.27. The van der Waals surface area contributed by atoms with Crippen molar-refractivity contribution in [3.8, 4) is 0 Å². The van der Waals surface area contributed by atoms with E-state index in [1.165, 1.54) is 10.5 Å². The van der Waals surface area contributed by atoms with Gasteiger partial charge in [-0.2, -0.15) is 15.0 Å². The molecule has 0 aliphatic carbocycles. The van der Waals surface area contributed by atoms with Crippen molar-refractivity contribution < 1.29 is 14.4 Å². The molecule has 0 unspecified atom stereocenters. The second-order valence-electron chi connectivity index (χ2n) is 6.99. The number of carbonyl (C=O) groups excluding carboxylic acids is 1. The topological polar surface area (TPSA) is 111 Å². The van der Waals surface area contributed by atoms with Gasteiger partial charge in [0, 0.05) is 5.69 Å². The molecule has 0 spiro atoms. The number of rotatable bonds is 5. The molecule has 2 aromatic rings. The molecular weight excluding hydrogens is 358 g/mol. The summed E-state index contributed by atoms with van der Waals surface area (Å²) >= 11 is 0. The third-order valence-corrected chi connectivity index (χ3v) is 4.73. The van der Waals surface area contributed by atoms with Gasteiger partial charge in [-0.25, -0.2) is 4.79 Å². The third kappa shape index (κ3) is 5.07. The molecule has 0 atom stereocenters. The van der Waals surface area contributed by atoms with Crippen LogP contribution in [-0.2, 0) is 11.3 Å². The van der Waals surface area contributed by atoms with E-state index in [9.17, 15) is 4.79 Å². The average molecular weight is 386 g/mol. The maximum absolute atomic E-state index is 11.8. The predicted molar refractivity (Wildman–Crippen MR) is 106 cm³/mol. The Balaban J connectivity index is 1.63. The van der Waals surface area contributed by atoms with Crippen LogP contribution in [0.15, 0.2) is 18.2 Å². The van der Waals surface area contributed by atoms with Gasteiger partial charge in [-0.05, 0) is 32.4 Å². The standard InChI is InChI=1S/C19H27N7O2/c1-4-28-19(27)26-9-7-25(8-10-26)12-16-22-17(20)24-18(23-16)21-15-6-5-13(2)11-14(15)3/h5-6,11H,4,7-10,12H2,1-3H3,(H3,20,21,22,23,24)/p+1. The molecule has 9 heteroatoms. The lowest BCUT2D eigenvalue weighted by atomic mass is 10.1. The molecule has 0 radical (unpaired) electrons. The van der Waals surface area contributed by atoms with Gasteiger partial charge in [0.1, 0.15) is 6.54 Å². The van der Waals surface area contributed by atoms with Crippen molar-refractivity contribution in [1.29, 1.82) is 0 Å². The predicted octanol–water partition coefficient (Wildman–Crippen LogP) is 0.671. The highest BCUT2D eigenvalue weighted by atomic mass is 16.6. The lowest BCUT2D eigenvalue weighted by molar-refractivity contribution is -0.918. The summed E-state index contributed by atoms with van der Waals surface area (Å²) in [5.41, 5.74) is 9.15. The zero-order valence-electron chi connectivity index (χ0n) is 16.7. The number of nitrogens with two attached hydrogens (primary N) is 1. The minimum Gasteiger partial charge on any atom is -0.450 e. The molecule has 2 heterocycles. The van der Waals surface area contributed by atoms with E-state index in [0.29, 0.717) is 38.0 Å². The number of anilines is 3. The number of nitrogen functional groups attached to an aromatic ring is 1. The molecule has 0 bridgehead atoms. The van der Waals surface area contributed by atoms with E-state index in [4.69, 9.17) is 10.5 Å². The minimum absolute atomic E-state index is 0.196. The van der Waals surface area contributed by atoms with Crippen molar-refractivity contribution in [2.75, 3.05) is 43.8 Å². The molecule has 28 heavy (non-hydrogen) atoms. The molecule has 1 aromatic heterocycles. The normalized spacial score (nSPS) is 14.8. The molecule has 150 valence electrons. The van der Waals surface area contributed by atoms with E-state index in [1.807, 2.05) is 26.0 Å². The van der Waals surface area contributed by atoms with Gasteiger partial charge in [-0.15, -0.1) is 0 Å². The van der Waals surface area contributed by atoms with Crippen molar-refractivity contribution in [2.45, 2.75) is 27.3 Å². The van der Waals surface area contributed by atoms with Crippen LogP contribution in [-0.4, -0.2) is 58.7 Å². The Morgan fingerprint density at radius 2 is 2.00 bits per heavy atom. The summed E-state index contributed by atoms with van der Waals surface area (Å²) in [7, 11) is 0. The van der Waals surface area contributed by atoms with Gasteiger partial charge in [0.05, 0.1) is 32.8 Å². The highest BCUT2D eigenvalue weighted by Gasteiger charge is 2.25. The summed E-state index contributed by atoms with van der Waals surface area (Å²) in [6, 6.07) is 6.14. The van der Waals surface area contributed by atoms with E-state index >= 15 is 0 Å². The number of nitrogens with one attached hydrogen (secondary N) is 2. The smallest absolute Gasteiger partial charge is 0.410 e. The number of amides is 1. The van der Waals surface area contributed by atoms with Crippen LogP contribution in [0.3, 0.4) is 0 Å². The Bertz CT molecular complexity index is 835. The van der Waals surface area contributed by atoms with Crippen molar-refractivity contribution >= 4 is 23.7 Å². The van der Waals surface area contributed by atoms with Crippen LogP contribution in [0.2, 0.25) is 0 Å². The van der Waals surface area contributed by atoms with Gasteiger partial charge < -0.3 is 20.7 Å². The lowest BCUT2D eigenvalue weighted by Crippen LogP contribution is -3.13. The van der Waals surface area contributed by atoms with Gasteiger partial charge >= 0.3 is 6.09 Å². The number of aryl methyl sites for hydroxylation is 2.